The van der Waals surface area contributed by atoms with Crippen molar-refractivity contribution in [2.75, 3.05) is 6.61 Å². The highest BCUT2D eigenvalue weighted by molar-refractivity contribution is 7.66. The predicted octanol–water partition coefficient (Wildman–Crippen LogP) is -1.41. The van der Waals surface area contributed by atoms with E-state index in [1.165, 1.54) is 0 Å². The second-order valence-electron chi connectivity index (χ2n) is 5.97. The molecule has 1 saturated heterocycles. The second kappa shape index (κ2) is 9.55. The molecule has 17 nitrogen and oxygen atoms in total. The van der Waals surface area contributed by atoms with Crippen LogP contribution >= 0.6 is 23.5 Å². The molecule has 0 aliphatic carbocycles. The number of rotatable bonds is 9. The quantitative estimate of drug-likeness (QED) is 0.210. The number of hydrogen-bond donors (Lipinski definition) is 6. The lowest BCUT2D eigenvalue weighted by molar-refractivity contribution is -0.0450. The molecule has 0 aromatic carbocycles. The van der Waals surface area contributed by atoms with Gasteiger partial charge in [0.2, 0.25) is 0 Å². The number of hydrogen-bond acceptors (Lipinski definition) is 11. The van der Waals surface area contributed by atoms with Crippen LogP contribution in [0.4, 0.5) is 0 Å². The van der Waals surface area contributed by atoms with Crippen molar-refractivity contribution in [1.82, 2.24) is 9.55 Å². The minimum Gasteiger partial charge on any atom is -0.390 e. The van der Waals surface area contributed by atoms with Gasteiger partial charge in [-0.1, -0.05) is 0 Å². The summed E-state index contributed by atoms with van der Waals surface area (Å²) in [5.41, 5.74) is -1.76. The summed E-state index contributed by atoms with van der Waals surface area (Å²) in [5.74, 6) is 0. The molecule has 5 atom stereocenters. The van der Waals surface area contributed by atoms with Crippen LogP contribution in [0.3, 0.4) is 0 Å². The fourth-order valence-corrected chi connectivity index (χ4v) is 5.49. The van der Waals surface area contributed by atoms with Crippen LogP contribution in [0.15, 0.2) is 15.8 Å². The first-order valence-electron chi connectivity index (χ1n) is 7.95. The van der Waals surface area contributed by atoms with Crippen LogP contribution in [0.5, 0.6) is 0 Å². The van der Waals surface area contributed by atoms with Crippen LogP contribution in [0, 0.1) is 11.3 Å². The minimum atomic E-state index is -5.71. The van der Waals surface area contributed by atoms with E-state index in [0.717, 1.165) is 10.8 Å². The van der Waals surface area contributed by atoms with Gasteiger partial charge < -0.3 is 29.4 Å². The SMILES string of the molecule is N#CCc1cn([C@H]2C[C@H](O)[C@@H](COP(=O)(O)OP(=O)(O)OP(=O)(O)O)O2)c(=O)[nH]c1=O. The lowest BCUT2D eigenvalue weighted by Crippen LogP contribution is -2.34. The lowest BCUT2D eigenvalue weighted by Gasteiger charge is -2.19. The third-order valence-corrected chi connectivity index (χ3v) is 7.45. The summed E-state index contributed by atoms with van der Waals surface area (Å²) >= 11 is 0. The monoisotopic (exact) mass is 507 g/mol. The van der Waals surface area contributed by atoms with E-state index in [2.05, 4.69) is 13.1 Å². The summed E-state index contributed by atoms with van der Waals surface area (Å²) in [6.07, 6.45) is -3.44. The van der Waals surface area contributed by atoms with Crippen LogP contribution < -0.4 is 11.2 Å². The molecule has 0 saturated carbocycles. The standard InChI is InChI=1S/C11H16N3O14P3/c12-2-1-6-4-14(11(17)13-10(6)16)9-3-7(15)8(26-9)5-25-30(21,22)28-31(23,24)27-29(18,19)20/h4,7-9,15H,1,3,5H2,(H,21,22)(H,23,24)(H,13,16,17)(H2,18,19,20)/t7-,8+,9+/m0/s1. The van der Waals surface area contributed by atoms with Gasteiger partial charge in [-0.2, -0.15) is 13.9 Å². The Bertz CT molecular complexity index is 1120. The number of aromatic amines is 1. The van der Waals surface area contributed by atoms with Crippen molar-refractivity contribution in [2.45, 2.75) is 31.3 Å². The maximum atomic E-state index is 12.0. The average molecular weight is 507 g/mol. The van der Waals surface area contributed by atoms with E-state index in [4.69, 9.17) is 24.7 Å². The largest absolute Gasteiger partial charge is 0.490 e. The Hall–Kier alpha value is -1.50. The normalized spacial score (nSPS) is 25.5. The van der Waals surface area contributed by atoms with Gasteiger partial charge in [-0.25, -0.2) is 18.5 Å². The first kappa shape index (κ1) is 25.8. The minimum absolute atomic E-state index is 0.0584. The number of nitriles is 1. The van der Waals surface area contributed by atoms with Crippen molar-refractivity contribution >= 4 is 23.5 Å². The van der Waals surface area contributed by atoms with Crippen LogP contribution in [-0.2, 0) is 38.0 Å². The van der Waals surface area contributed by atoms with E-state index in [9.17, 15) is 33.3 Å². The van der Waals surface area contributed by atoms with Gasteiger partial charge in [0.1, 0.15) is 12.3 Å². The molecule has 174 valence electrons. The van der Waals surface area contributed by atoms with Gasteiger partial charge in [0.05, 0.1) is 25.2 Å². The van der Waals surface area contributed by atoms with Crippen molar-refractivity contribution in [3.05, 3.63) is 32.6 Å². The van der Waals surface area contributed by atoms with Crippen molar-refractivity contribution in [2.24, 2.45) is 0 Å². The molecular formula is C11H16N3O14P3. The number of aliphatic hydroxyl groups excluding tert-OH is 1. The summed E-state index contributed by atoms with van der Waals surface area (Å²) in [6, 6.07) is 1.73. The van der Waals surface area contributed by atoms with Gasteiger partial charge in [-0.3, -0.25) is 18.9 Å². The molecule has 2 heterocycles. The molecular weight excluding hydrogens is 491 g/mol. The van der Waals surface area contributed by atoms with Crippen molar-refractivity contribution in [1.29, 1.82) is 5.26 Å². The average Bonchev–Trinajstić information content (AvgIpc) is 2.93. The Kier molecular flexibility index (Phi) is 7.94. The van der Waals surface area contributed by atoms with Gasteiger partial charge in [0, 0.05) is 18.2 Å². The number of aromatic nitrogens is 2. The second-order valence-corrected chi connectivity index (χ2v) is 10.4. The molecule has 1 aromatic heterocycles. The number of phosphoric ester groups is 1. The Morgan fingerprint density at radius 2 is 1.84 bits per heavy atom. The van der Waals surface area contributed by atoms with Gasteiger partial charge >= 0.3 is 29.2 Å². The topological polar surface area (TPSA) is 268 Å². The number of H-pyrrole nitrogens is 1. The Morgan fingerprint density at radius 1 is 1.19 bits per heavy atom. The van der Waals surface area contributed by atoms with E-state index >= 15 is 0 Å². The maximum absolute atomic E-state index is 12.0. The van der Waals surface area contributed by atoms with Gasteiger partial charge in [0.25, 0.3) is 5.56 Å². The van der Waals surface area contributed by atoms with E-state index in [1.807, 2.05) is 4.98 Å². The molecule has 1 aliphatic rings. The number of ether oxygens (including phenoxy) is 1. The molecule has 0 bridgehead atoms. The molecule has 31 heavy (non-hydrogen) atoms. The molecule has 0 spiro atoms. The zero-order valence-corrected chi connectivity index (χ0v) is 17.8. The Morgan fingerprint density at radius 3 is 2.42 bits per heavy atom. The van der Waals surface area contributed by atoms with Gasteiger partial charge in [-0.05, 0) is 0 Å². The number of nitrogens with zero attached hydrogens (tertiary/aromatic N) is 2. The maximum Gasteiger partial charge on any atom is 0.490 e. The third kappa shape index (κ3) is 7.55. The van der Waals surface area contributed by atoms with E-state index < -0.39 is 59.8 Å². The van der Waals surface area contributed by atoms with Crippen LogP contribution in [0.1, 0.15) is 18.2 Å². The fourth-order valence-electron chi connectivity index (χ4n) is 2.46. The van der Waals surface area contributed by atoms with Gasteiger partial charge in [0.15, 0.2) is 0 Å². The third-order valence-electron chi connectivity index (χ3n) is 3.64. The van der Waals surface area contributed by atoms with Crippen molar-refractivity contribution in [3.63, 3.8) is 0 Å². The molecule has 0 amide bonds. The van der Waals surface area contributed by atoms with E-state index in [-0.39, 0.29) is 18.4 Å². The number of phosphoric acid groups is 3. The summed E-state index contributed by atoms with van der Waals surface area (Å²) in [7, 11) is -16.7. The van der Waals surface area contributed by atoms with Crippen LogP contribution in [-0.4, -0.2) is 53.0 Å². The summed E-state index contributed by atoms with van der Waals surface area (Å²) in [4.78, 5) is 61.0. The summed E-state index contributed by atoms with van der Waals surface area (Å²) < 4.78 is 51.3. The Balaban J connectivity index is 2.07. The smallest absolute Gasteiger partial charge is 0.390 e. The van der Waals surface area contributed by atoms with E-state index in [0.29, 0.717) is 0 Å². The highest BCUT2D eigenvalue weighted by Crippen LogP contribution is 2.66. The van der Waals surface area contributed by atoms with Gasteiger partial charge in [-0.15, -0.1) is 0 Å². The highest BCUT2D eigenvalue weighted by Gasteiger charge is 2.43. The molecule has 1 fully saturated rings. The summed E-state index contributed by atoms with van der Waals surface area (Å²) in [5, 5.41) is 18.7. The Labute approximate surface area is 171 Å². The predicted molar refractivity (Wildman–Crippen MR) is 95.0 cm³/mol. The fraction of sp³-hybridized carbons (Fsp3) is 0.545. The highest BCUT2D eigenvalue weighted by atomic mass is 31.3. The number of nitrogens with one attached hydrogen (secondary N) is 1. The zero-order chi connectivity index (χ0) is 23.6. The zero-order valence-electron chi connectivity index (χ0n) is 15.1. The molecule has 20 heteroatoms. The van der Waals surface area contributed by atoms with Crippen molar-refractivity contribution in [3.8, 4) is 6.07 Å². The molecule has 0 radical (unpaired) electrons. The first-order chi connectivity index (χ1) is 14.1. The molecule has 2 rings (SSSR count). The molecule has 2 unspecified atom stereocenters. The molecule has 1 aliphatic heterocycles. The van der Waals surface area contributed by atoms with E-state index in [1.54, 1.807) is 6.07 Å². The van der Waals surface area contributed by atoms with Crippen LogP contribution in [0.25, 0.3) is 0 Å². The summed E-state index contributed by atoms with van der Waals surface area (Å²) in [6.45, 7) is -0.926. The molecule has 6 N–H and O–H groups in total. The number of aliphatic hydroxyl groups is 1. The van der Waals surface area contributed by atoms with Crippen LogP contribution in [0.2, 0.25) is 0 Å². The first-order valence-corrected chi connectivity index (χ1v) is 12.5. The molecule has 1 aromatic rings. The van der Waals surface area contributed by atoms with Crippen molar-refractivity contribution < 1.29 is 56.3 Å². The lowest BCUT2D eigenvalue weighted by atomic mass is 10.2.